The number of carbonyl (C=O) groups is 1. The molecule has 92 valence electrons. The van der Waals surface area contributed by atoms with Gasteiger partial charge in [0.25, 0.3) is 0 Å². The first-order valence-electron chi connectivity index (χ1n) is 5.64. The van der Waals surface area contributed by atoms with E-state index in [9.17, 15) is 4.79 Å². The number of Topliss-reactive ketones (excluding diaryl/α,β-unsaturated/α-hetero) is 1. The Balaban J connectivity index is 2.32. The van der Waals surface area contributed by atoms with E-state index in [1.165, 1.54) is 0 Å². The molecule has 2 rings (SSSR count). The van der Waals surface area contributed by atoms with E-state index in [2.05, 4.69) is 0 Å². The van der Waals surface area contributed by atoms with E-state index in [4.69, 9.17) is 23.2 Å². The van der Waals surface area contributed by atoms with Crippen molar-refractivity contribution in [1.29, 1.82) is 0 Å². The van der Waals surface area contributed by atoms with Gasteiger partial charge in [0.05, 0.1) is 5.02 Å². The van der Waals surface area contributed by atoms with E-state index in [0.717, 1.165) is 5.56 Å². The van der Waals surface area contributed by atoms with Crippen molar-refractivity contribution in [3.8, 4) is 0 Å². The normalized spacial score (nSPS) is 12.2. The third-order valence-electron chi connectivity index (χ3n) is 2.89. The molecule has 0 heterocycles. The number of halogens is 2. The second-order valence-electron chi connectivity index (χ2n) is 4.12. The summed E-state index contributed by atoms with van der Waals surface area (Å²) in [6.45, 7) is 1.88. The first kappa shape index (κ1) is 13.1. The maximum Gasteiger partial charge on any atom is 0.171 e. The van der Waals surface area contributed by atoms with Crippen LogP contribution >= 0.6 is 23.2 Å². The Labute approximate surface area is 116 Å². The van der Waals surface area contributed by atoms with Crippen molar-refractivity contribution in [2.75, 3.05) is 0 Å². The van der Waals surface area contributed by atoms with Crippen molar-refractivity contribution in [2.24, 2.45) is 0 Å². The summed E-state index contributed by atoms with van der Waals surface area (Å²) in [6, 6.07) is 14.6. The van der Waals surface area contributed by atoms with Crippen molar-refractivity contribution in [2.45, 2.75) is 12.8 Å². The summed E-state index contributed by atoms with van der Waals surface area (Å²) >= 11 is 11.9. The zero-order valence-corrected chi connectivity index (χ0v) is 11.4. The molecule has 1 atom stereocenters. The SMILES string of the molecule is CC(C(=O)c1ccc(Cl)cc1Cl)c1ccccc1. The van der Waals surface area contributed by atoms with Gasteiger partial charge in [-0.25, -0.2) is 0 Å². The van der Waals surface area contributed by atoms with Crippen LogP contribution < -0.4 is 0 Å². The number of hydrogen-bond acceptors (Lipinski definition) is 1. The molecule has 0 N–H and O–H groups in total. The van der Waals surface area contributed by atoms with E-state index in [1.54, 1.807) is 18.2 Å². The highest BCUT2D eigenvalue weighted by atomic mass is 35.5. The van der Waals surface area contributed by atoms with Gasteiger partial charge < -0.3 is 0 Å². The molecule has 0 aromatic heterocycles. The van der Waals surface area contributed by atoms with Gasteiger partial charge in [-0.3, -0.25) is 4.79 Å². The molecule has 1 unspecified atom stereocenters. The summed E-state index contributed by atoms with van der Waals surface area (Å²) in [5.41, 5.74) is 1.49. The van der Waals surface area contributed by atoms with Gasteiger partial charge in [0, 0.05) is 16.5 Å². The molecule has 0 saturated heterocycles. The molecular weight excluding hydrogens is 267 g/mol. The number of hydrogen-bond donors (Lipinski definition) is 0. The Bertz CT molecular complexity index is 564. The maximum atomic E-state index is 12.3. The van der Waals surface area contributed by atoms with Crippen molar-refractivity contribution in [3.63, 3.8) is 0 Å². The van der Waals surface area contributed by atoms with Gasteiger partial charge >= 0.3 is 0 Å². The molecule has 3 heteroatoms. The summed E-state index contributed by atoms with van der Waals surface area (Å²) < 4.78 is 0. The molecular formula is C15H12Cl2O. The van der Waals surface area contributed by atoms with Gasteiger partial charge in [-0.15, -0.1) is 0 Å². The van der Waals surface area contributed by atoms with Crippen LogP contribution in [0.25, 0.3) is 0 Å². The molecule has 2 aromatic rings. The standard InChI is InChI=1S/C15H12Cl2O/c1-10(11-5-3-2-4-6-11)15(18)13-8-7-12(16)9-14(13)17/h2-10H,1H3. The molecule has 0 spiro atoms. The third kappa shape index (κ3) is 2.74. The molecule has 18 heavy (non-hydrogen) atoms. The number of rotatable bonds is 3. The lowest BCUT2D eigenvalue weighted by atomic mass is 9.92. The van der Waals surface area contributed by atoms with Crippen LogP contribution in [0.4, 0.5) is 0 Å². The molecule has 0 fully saturated rings. The highest BCUT2D eigenvalue weighted by Crippen LogP contribution is 2.27. The topological polar surface area (TPSA) is 17.1 Å². The maximum absolute atomic E-state index is 12.3. The highest BCUT2D eigenvalue weighted by molar-refractivity contribution is 6.37. The van der Waals surface area contributed by atoms with Gasteiger partial charge in [0.15, 0.2) is 5.78 Å². The highest BCUT2D eigenvalue weighted by Gasteiger charge is 2.19. The van der Waals surface area contributed by atoms with E-state index in [1.807, 2.05) is 37.3 Å². The van der Waals surface area contributed by atoms with Crippen molar-refractivity contribution in [3.05, 3.63) is 69.7 Å². The average molecular weight is 279 g/mol. The van der Waals surface area contributed by atoms with Crippen LogP contribution in [0.5, 0.6) is 0 Å². The fourth-order valence-corrected chi connectivity index (χ4v) is 2.32. The number of benzene rings is 2. The molecule has 0 aliphatic carbocycles. The van der Waals surface area contributed by atoms with Gasteiger partial charge in [0.2, 0.25) is 0 Å². The summed E-state index contributed by atoms with van der Waals surface area (Å²) in [4.78, 5) is 12.3. The fourth-order valence-electron chi connectivity index (χ4n) is 1.82. The van der Waals surface area contributed by atoms with E-state index >= 15 is 0 Å². The predicted molar refractivity (Wildman–Crippen MR) is 75.6 cm³/mol. The van der Waals surface area contributed by atoms with Crippen LogP contribution in [-0.4, -0.2) is 5.78 Å². The smallest absolute Gasteiger partial charge is 0.171 e. The largest absolute Gasteiger partial charge is 0.293 e. The van der Waals surface area contributed by atoms with Crippen molar-refractivity contribution >= 4 is 29.0 Å². The molecule has 0 amide bonds. The summed E-state index contributed by atoms with van der Waals surface area (Å²) in [6.07, 6.45) is 0. The lowest BCUT2D eigenvalue weighted by Gasteiger charge is -2.12. The predicted octanol–water partition coefficient (Wildman–Crippen LogP) is 4.98. The second kappa shape index (κ2) is 5.55. The van der Waals surface area contributed by atoms with Crippen LogP contribution in [0.2, 0.25) is 10.0 Å². The Hall–Kier alpha value is -1.31. The van der Waals surface area contributed by atoms with Gasteiger partial charge in [-0.2, -0.15) is 0 Å². The lowest BCUT2D eigenvalue weighted by Crippen LogP contribution is -2.10. The Morgan fingerprint density at radius 1 is 1.06 bits per heavy atom. The van der Waals surface area contributed by atoms with Crippen LogP contribution in [0.1, 0.15) is 28.8 Å². The molecule has 0 saturated carbocycles. The lowest BCUT2D eigenvalue weighted by molar-refractivity contribution is 0.0966. The Morgan fingerprint density at radius 2 is 1.72 bits per heavy atom. The number of carbonyl (C=O) groups excluding carboxylic acids is 1. The van der Waals surface area contributed by atoms with Gasteiger partial charge in [-0.1, -0.05) is 60.5 Å². The van der Waals surface area contributed by atoms with Crippen LogP contribution in [0.15, 0.2) is 48.5 Å². The molecule has 1 nitrogen and oxygen atoms in total. The Morgan fingerprint density at radius 3 is 2.33 bits per heavy atom. The molecule has 0 aliphatic rings. The minimum absolute atomic E-state index is 0.00265. The summed E-state index contributed by atoms with van der Waals surface area (Å²) in [7, 11) is 0. The van der Waals surface area contributed by atoms with E-state index in [0.29, 0.717) is 15.6 Å². The minimum Gasteiger partial charge on any atom is -0.293 e. The van der Waals surface area contributed by atoms with Gasteiger partial charge in [-0.05, 0) is 23.8 Å². The molecule has 0 aliphatic heterocycles. The second-order valence-corrected chi connectivity index (χ2v) is 4.96. The fraction of sp³-hybridized carbons (Fsp3) is 0.133. The third-order valence-corrected chi connectivity index (χ3v) is 3.44. The number of ketones is 1. The van der Waals surface area contributed by atoms with Crippen molar-refractivity contribution < 1.29 is 4.79 Å². The first-order chi connectivity index (χ1) is 8.59. The monoisotopic (exact) mass is 278 g/mol. The first-order valence-corrected chi connectivity index (χ1v) is 6.39. The molecule has 2 aromatic carbocycles. The molecule has 0 radical (unpaired) electrons. The average Bonchev–Trinajstić information content (AvgIpc) is 2.38. The van der Waals surface area contributed by atoms with E-state index < -0.39 is 0 Å². The Kier molecular flexibility index (Phi) is 4.05. The van der Waals surface area contributed by atoms with Gasteiger partial charge in [0.1, 0.15) is 0 Å². The quantitative estimate of drug-likeness (QED) is 0.724. The van der Waals surface area contributed by atoms with Crippen LogP contribution in [-0.2, 0) is 0 Å². The van der Waals surface area contributed by atoms with Crippen molar-refractivity contribution in [1.82, 2.24) is 0 Å². The zero-order chi connectivity index (χ0) is 13.1. The van der Waals surface area contributed by atoms with E-state index in [-0.39, 0.29) is 11.7 Å². The zero-order valence-electron chi connectivity index (χ0n) is 9.86. The summed E-state index contributed by atoms with van der Waals surface area (Å²) in [5, 5.41) is 0.930. The minimum atomic E-state index is -0.218. The van der Waals surface area contributed by atoms with Crippen LogP contribution in [0.3, 0.4) is 0 Å². The summed E-state index contributed by atoms with van der Waals surface area (Å²) in [5.74, 6) is -0.215. The molecule has 0 bridgehead atoms. The van der Waals surface area contributed by atoms with Crippen LogP contribution in [0, 0.1) is 0 Å².